The Morgan fingerprint density at radius 1 is 1.44 bits per heavy atom. The summed E-state index contributed by atoms with van der Waals surface area (Å²) in [5, 5.41) is 8.64. The van der Waals surface area contributed by atoms with E-state index in [1.54, 1.807) is 0 Å². The zero-order valence-corrected chi connectivity index (χ0v) is 8.76. The van der Waals surface area contributed by atoms with Crippen LogP contribution in [0.1, 0.15) is 28.2 Å². The van der Waals surface area contributed by atoms with E-state index < -0.39 is 41.3 Å². The third-order valence-corrected chi connectivity index (χ3v) is 1.93. The van der Waals surface area contributed by atoms with Crippen LogP contribution in [0, 0.1) is 0 Å². The van der Waals surface area contributed by atoms with Crippen molar-refractivity contribution in [3.63, 3.8) is 0 Å². The van der Waals surface area contributed by atoms with Crippen LogP contribution in [-0.4, -0.2) is 23.2 Å². The summed E-state index contributed by atoms with van der Waals surface area (Å²) in [6.45, 7) is 0. The van der Waals surface area contributed by atoms with Gasteiger partial charge in [0.05, 0.1) is 12.7 Å². The molecular formula is C9H6F5NO3. The van der Waals surface area contributed by atoms with Gasteiger partial charge in [-0.2, -0.15) is 13.2 Å². The SMILES string of the molecule is COc1c(C(F)F)cc(C(F)(F)F)nc1C(=O)O. The average molecular weight is 271 g/mol. The third-order valence-electron chi connectivity index (χ3n) is 1.93. The van der Waals surface area contributed by atoms with Crippen LogP contribution in [0.2, 0.25) is 0 Å². The number of pyridine rings is 1. The Bertz CT molecular complexity index is 472. The minimum atomic E-state index is -5.03. The second-order valence-corrected chi connectivity index (χ2v) is 3.08. The van der Waals surface area contributed by atoms with E-state index in [9.17, 15) is 26.7 Å². The van der Waals surface area contributed by atoms with E-state index in [0.717, 1.165) is 7.11 Å². The summed E-state index contributed by atoms with van der Waals surface area (Å²) in [6, 6.07) is 0.0654. The van der Waals surface area contributed by atoms with Gasteiger partial charge < -0.3 is 9.84 Å². The van der Waals surface area contributed by atoms with Gasteiger partial charge in [-0.3, -0.25) is 0 Å². The molecule has 1 aromatic rings. The first kappa shape index (κ1) is 14.1. The molecule has 0 aliphatic rings. The molecule has 0 radical (unpaired) electrons. The van der Waals surface area contributed by atoms with Gasteiger partial charge in [0, 0.05) is 0 Å². The molecule has 1 N–H and O–H groups in total. The van der Waals surface area contributed by atoms with E-state index in [1.165, 1.54) is 0 Å². The number of rotatable bonds is 3. The zero-order valence-electron chi connectivity index (χ0n) is 8.76. The Labute approximate surface area is 97.0 Å². The van der Waals surface area contributed by atoms with E-state index in [0.29, 0.717) is 0 Å². The van der Waals surface area contributed by atoms with E-state index >= 15 is 0 Å². The lowest BCUT2D eigenvalue weighted by molar-refractivity contribution is -0.141. The molecular weight excluding hydrogens is 265 g/mol. The van der Waals surface area contributed by atoms with Crippen LogP contribution < -0.4 is 4.74 Å². The minimum Gasteiger partial charge on any atom is -0.494 e. The lowest BCUT2D eigenvalue weighted by Crippen LogP contribution is -2.15. The molecule has 0 saturated heterocycles. The number of methoxy groups -OCH3 is 1. The molecule has 0 bridgehead atoms. The fraction of sp³-hybridized carbons (Fsp3) is 0.333. The van der Waals surface area contributed by atoms with Crippen molar-refractivity contribution in [2.45, 2.75) is 12.6 Å². The maximum atomic E-state index is 12.6. The van der Waals surface area contributed by atoms with Crippen molar-refractivity contribution in [3.8, 4) is 5.75 Å². The van der Waals surface area contributed by atoms with Crippen molar-refractivity contribution in [2.24, 2.45) is 0 Å². The Morgan fingerprint density at radius 2 is 2.00 bits per heavy atom. The molecule has 0 spiro atoms. The summed E-state index contributed by atoms with van der Waals surface area (Å²) in [7, 11) is 0.864. The van der Waals surface area contributed by atoms with E-state index in [1.807, 2.05) is 0 Å². The predicted octanol–water partition coefficient (Wildman–Crippen LogP) is 2.74. The standard InChI is InChI=1S/C9H6F5NO3/c1-18-6-3(7(10)11)2-4(9(12,13)14)15-5(6)8(16)17/h2,7H,1H3,(H,16,17). The third kappa shape index (κ3) is 2.66. The van der Waals surface area contributed by atoms with Gasteiger partial charge in [-0.1, -0.05) is 0 Å². The van der Waals surface area contributed by atoms with Gasteiger partial charge in [-0.25, -0.2) is 18.6 Å². The molecule has 1 rings (SSSR count). The minimum absolute atomic E-state index is 0.0654. The van der Waals surface area contributed by atoms with Gasteiger partial charge in [-0.15, -0.1) is 0 Å². The van der Waals surface area contributed by atoms with Gasteiger partial charge in [-0.05, 0) is 6.07 Å². The summed E-state index contributed by atoms with van der Waals surface area (Å²) < 4.78 is 66.6. The number of ether oxygens (including phenoxy) is 1. The first-order chi connectivity index (χ1) is 8.18. The van der Waals surface area contributed by atoms with Crippen molar-refractivity contribution < 1.29 is 36.6 Å². The average Bonchev–Trinajstić information content (AvgIpc) is 2.25. The molecule has 0 amide bonds. The molecule has 0 saturated carbocycles. The van der Waals surface area contributed by atoms with Crippen LogP contribution >= 0.6 is 0 Å². The Balaban J connectivity index is 3.59. The van der Waals surface area contributed by atoms with Gasteiger partial charge in [0.2, 0.25) is 0 Å². The number of hydrogen-bond donors (Lipinski definition) is 1. The van der Waals surface area contributed by atoms with Crippen molar-refractivity contribution in [2.75, 3.05) is 7.11 Å². The summed E-state index contributed by atoms with van der Waals surface area (Å²) in [4.78, 5) is 13.5. The monoisotopic (exact) mass is 271 g/mol. The second-order valence-electron chi connectivity index (χ2n) is 3.08. The Hall–Kier alpha value is -1.93. The number of carboxylic acid groups (broad SMARTS) is 1. The van der Waals surface area contributed by atoms with Crippen molar-refractivity contribution in [1.82, 2.24) is 4.98 Å². The molecule has 0 unspecified atom stereocenters. The molecule has 4 nitrogen and oxygen atoms in total. The van der Waals surface area contributed by atoms with E-state index in [2.05, 4.69) is 9.72 Å². The number of nitrogens with zero attached hydrogens (tertiary/aromatic N) is 1. The Morgan fingerprint density at radius 3 is 2.33 bits per heavy atom. The number of carbonyl (C=O) groups is 1. The largest absolute Gasteiger partial charge is 0.494 e. The van der Waals surface area contributed by atoms with Crippen molar-refractivity contribution in [3.05, 3.63) is 23.0 Å². The quantitative estimate of drug-likeness (QED) is 0.859. The van der Waals surface area contributed by atoms with Crippen LogP contribution in [0.15, 0.2) is 6.07 Å². The van der Waals surface area contributed by atoms with E-state index in [4.69, 9.17) is 5.11 Å². The highest BCUT2D eigenvalue weighted by molar-refractivity contribution is 5.89. The van der Waals surface area contributed by atoms with Crippen LogP contribution in [0.5, 0.6) is 5.75 Å². The second kappa shape index (κ2) is 4.75. The molecule has 18 heavy (non-hydrogen) atoms. The number of aromatic carboxylic acids is 1. The fourth-order valence-electron chi connectivity index (χ4n) is 1.22. The summed E-state index contributed by atoms with van der Waals surface area (Å²) in [5.41, 5.74) is -4.09. The topological polar surface area (TPSA) is 59.4 Å². The van der Waals surface area contributed by atoms with Gasteiger partial charge in [0.15, 0.2) is 11.4 Å². The summed E-state index contributed by atoms with van der Waals surface area (Å²) in [6.07, 6.45) is -8.35. The molecule has 0 aliphatic carbocycles. The fourth-order valence-corrected chi connectivity index (χ4v) is 1.22. The maximum Gasteiger partial charge on any atom is 0.433 e. The number of carboxylic acids is 1. The number of halogens is 5. The zero-order chi connectivity index (χ0) is 14.1. The van der Waals surface area contributed by atoms with Gasteiger partial charge in [0.25, 0.3) is 6.43 Å². The highest BCUT2D eigenvalue weighted by Crippen LogP contribution is 2.36. The maximum absolute atomic E-state index is 12.6. The van der Waals surface area contributed by atoms with E-state index in [-0.39, 0.29) is 6.07 Å². The number of aromatic nitrogens is 1. The summed E-state index contributed by atoms with van der Waals surface area (Å²) >= 11 is 0. The molecule has 0 aliphatic heterocycles. The van der Waals surface area contributed by atoms with Crippen LogP contribution in [0.3, 0.4) is 0 Å². The first-order valence-corrected chi connectivity index (χ1v) is 4.36. The van der Waals surface area contributed by atoms with Crippen LogP contribution in [0.4, 0.5) is 22.0 Å². The lowest BCUT2D eigenvalue weighted by atomic mass is 10.1. The predicted molar refractivity (Wildman–Crippen MR) is 47.7 cm³/mol. The highest BCUT2D eigenvalue weighted by Gasteiger charge is 2.36. The van der Waals surface area contributed by atoms with Gasteiger partial charge in [0.1, 0.15) is 5.69 Å². The smallest absolute Gasteiger partial charge is 0.433 e. The van der Waals surface area contributed by atoms with Crippen LogP contribution in [-0.2, 0) is 6.18 Å². The number of alkyl halides is 5. The lowest BCUT2D eigenvalue weighted by Gasteiger charge is -2.13. The molecule has 100 valence electrons. The van der Waals surface area contributed by atoms with Crippen molar-refractivity contribution >= 4 is 5.97 Å². The van der Waals surface area contributed by atoms with Crippen molar-refractivity contribution in [1.29, 1.82) is 0 Å². The normalized spacial score (nSPS) is 11.7. The molecule has 9 heteroatoms. The Kier molecular flexibility index (Phi) is 3.73. The molecule has 1 aromatic heterocycles. The summed E-state index contributed by atoms with van der Waals surface area (Å²) in [5.74, 6) is -2.77. The molecule has 0 atom stereocenters. The van der Waals surface area contributed by atoms with Gasteiger partial charge >= 0.3 is 12.1 Å². The molecule has 1 heterocycles. The number of hydrogen-bond acceptors (Lipinski definition) is 3. The molecule has 0 fully saturated rings. The molecule has 0 aromatic carbocycles. The highest BCUT2D eigenvalue weighted by atomic mass is 19.4. The first-order valence-electron chi connectivity index (χ1n) is 4.36. The van der Waals surface area contributed by atoms with Crippen LogP contribution in [0.25, 0.3) is 0 Å².